The van der Waals surface area contributed by atoms with Crippen LogP contribution in [-0.2, 0) is 21.4 Å². The number of hydrogen-bond acceptors (Lipinski definition) is 6. The Bertz CT molecular complexity index is 1110. The Morgan fingerprint density at radius 1 is 1.07 bits per heavy atom. The summed E-state index contributed by atoms with van der Waals surface area (Å²) in [5.74, 6) is -0.0542. The molecule has 9 heteroatoms. The zero-order valence-electron chi connectivity index (χ0n) is 16.5. The van der Waals surface area contributed by atoms with E-state index in [9.17, 15) is 13.2 Å². The molecule has 0 unspecified atom stereocenters. The molecule has 0 radical (unpaired) electrons. The fraction of sp³-hybridized carbons (Fsp3) is 0.238. The molecule has 158 valence electrons. The first kappa shape index (κ1) is 22.0. The number of carbonyl (C=O) groups excluding carboxylic acids is 1. The van der Waals surface area contributed by atoms with Crippen LogP contribution >= 0.6 is 11.6 Å². The Balaban J connectivity index is 1.64. The molecule has 0 spiro atoms. The van der Waals surface area contributed by atoms with Crippen LogP contribution in [0, 0.1) is 0 Å². The summed E-state index contributed by atoms with van der Waals surface area (Å²) in [6.45, 7) is 4.22. The maximum absolute atomic E-state index is 12.5. The minimum Gasteiger partial charge on any atom is -0.455 e. The topological polar surface area (TPSA) is 89.7 Å². The maximum atomic E-state index is 12.5. The van der Waals surface area contributed by atoms with E-state index in [1.54, 1.807) is 44.2 Å². The van der Waals surface area contributed by atoms with Crippen LogP contribution in [0.3, 0.4) is 0 Å². The van der Waals surface area contributed by atoms with E-state index in [4.69, 9.17) is 20.9 Å². The van der Waals surface area contributed by atoms with Crippen molar-refractivity contribution in [3.05, 3.63) is 70.9 Å². The SMILES string of the molecule is CCN(CC)S(=O)(=O)c1ccc(C(=O)OCc2cc(-c3ccc(Cl)cc3)on2)cc1. The minimum atomic E-state index is -3.57. The summed E-state index contributed by atoms with van der Waals surface area (Å²) < 4.78 is 36.9. The van der Waals surface area contributed by atoms with E-state index in [1.165, 1.54) is 28.6 Å². The van der Waals surface area contributed by atoms with Crippen molar-refractivity contribution >= 4 is 27.6 Å². The average molecular weight is 449 g/mol. The van der Waals surface area contributed by atoms with Gasteiger partial charge in [-0.1, -0.05) is 30.6 Å². The molecule has 0 fully saturated rings. The lowest BCUT2D eigenvalue weighted by Gasteiger charge is -2.18. The van der Waals surface area contributed by atoms with E-state index in [-0.39, 0.29) is 17.1 Å². The summed E-state index contributed by atoms with van der Waals surface area (Å²) in [5.41, 5.74) is 1.50. The highest BCUT2D eigenvalue weighted by Crippen LogP contribution is 2.23. The minimum absolute atomic E-state index is 0.0740. The largest absolute Gasteiger partial charge is 0.455 e. The summed E-state index contributed by atoms with van der Waals surface area (Å²) >= 11 is 5.87. The summed E-state index contributed by atoms with van der Waals surface area (Å²) in [7, 11) is -3.57. The molecule has 7 nitrogen and oxygen atoms in total. The number of esters is 1. The van der Waals surface area contributed by atoms with E-state index in [1.807, 2.05) is 0 Å². The zero-order valence-corrected chi connectivity index (χ0v) is 18.1. The first-order chi connectivity index (χ1) is 14.3. The smallest absolute Gasteiger partial charge is 0.338 e. The van der Waals surface area contributed by atoms with Gasteiger partial charge in [0, 0.05) is 29.7 Å². The van der Waals surface area contributed by atoms with Crippen LogP contribution in [0.4, 0.5) is 0 Å². The predicted octanol–water partition coefficient (Wildman–Crippen LogP) is 4.38. The third-order valence-electron chi connectivity index (χ3n) is 4.47. The van der Waals surface area contributed by atoms with Gasteiger partial charge >= 0.3 is 5.97 Å². The van der Waals surface area contributed by atoms with Gasteiger partial charge in [-0.2, -0.15) is 4.31 Å². The van der Waals surface area contributed by atoms with Gasteiger partial charge in [-0.15, -0.1) is 0 Å². The highest BCUT2D eigenvalue weighted by Gasteiger charge is 2.22. The van der Waals surface area contributed by atoms with Gasteiger partial charge in [0.25, 0.3) is 0 Å². The number of ether oxygens (including phenoxy) is 1. The van der Waals surface area contributed by atoms with E-state index < -0.39 is 16.0 Å². The Labute approximate surface area is 180 Å². The second-order valence-corrected chi connectivity index (χ2v) is 8.75. The lowest BCUT2D eigenvalue weighted by molar-refractivity contribution is 0.0464. The average Bonchev–Trinajstić information content (AvgIpc) is 3.22. The number of aromatic nitrogens is 1. The first-order valence-corrected chi connectivity index (χ1v) is 11.2. The number of rotatable bonds is 8. The highest BCUT2D eigenvalue weighted by atomic mass is 35.5. The van der Waals surface area contributed by atoms with Crippen LogP contribution in [-0.4, -0.2) is 36.9 Å². The molecule has 1 heterocycles. The molecule has 0 bridgehead atoms. The molecule has 30 heavy (non-hydrogen) atoms. The van der Waals surface area contributed by atoms with Gasteiger partial charge in [0.1, 0.15) is 12.3 Å². The molecule has 0 saturated heterocycles. The normalized spacial score (nSPS) is 11.6. The summed E-state index contributed by atoms with van der Waals surface area (Å²) in [4.78, 5) is 12.4. The standard InChI is InChI=1S/C21H21ClN2O5S/c1-3-24(4-2)30(26,27)19-11-7-16(8-12-19)21(25)28-14-18-13-20(29-23-18)15-5-9-17(22)10-6-15/h5-13H,3-4,14H2,1-2H3. The van der Waals surface area contributed by atoms with Crippen LogP contribution in [0.1, 0.15) is 29.9 Å². The molecule has 1 aromatic heterocycles. The fourth-order valence-corrected chi connectivity index (χ4v) is 4.41. The molecular formula is C21H21ClN2O5S. The summed E-state index contributed by atoms with van der Waals surface area (Å²) in [5, 5.41) is 4.51. The molecule has 3 rings (SSSR count). The number of benzene rings is 2. The molecule has 0 aliphatic heterocycles. The molecule has 0 N–H and O–H groups in total. The number of nitrogens with zero attached hydrogens (tertiary/aromatic N) is 2. The van der Waals surface area contributed by atoms with Crippen molar-refractivity contribution < 1.29 is 22.5 Å². The third-order valence-corrected chi connectivity index (χ3v) is 6.79. The quantitative estimate of drug-likeness (QED) is 0.475. The number of halogens is 1. The Morgan fingerprint density at radius 3 is 2.30 bits per heavy atom. The van der Waals surface area contributed by atoms with E-state index in [0.29, 0.717) is 29.6 Å². The van der Waals surface area contributed by atoms with Crippen molar-refractivity contribution in [1.29, 1.82) is 0 Å². The van der Waals surface area contributed by atoms with Crippen LogP contribution in [0.2, 0.25) is 5.02 Å². The summed E-state index contributed by atoms with van der Waals surface area (Å²) in [6.07, 6.45) is 0. The zero-order chi connectivity index (χ0) is 21.7. The van der Waals surface area contributed by atoms with Gasteiger partial charge in [-0.05, 0) is 48.5 Å². The molecule has 0 atom stereocenters. The van der Waals surface area contributed by atoms with Crippen LogP contribution in [0.15, 0.2) is 64.0 Å². The molecular weight excluding hydrogens is 428 g/mol. The molecule has 0 amide bonds. The third kappa shape index (κ3) is 4.89. The van der Waals surface area contributed by atoms with Crippen molar-refractivity contribution in [3.8, 4) is 11.3 Å². The molecule has 0 saturated carbocycles. The van der Waals surface area contributed by atoms with Gasteiger partial charge in [0.05, 0.1) is 10.5 Å². The molecule has 0 aliphatic carbocycles. The first-order valence-electron chi connectivity index (χ1n) is 9.34. The van der Waals surface area contributed by atoms with Gasteiger partial charge in [0.2, 0.25) is 10.0 Å². The van der Waals surface area contributed by atoms with Crippen molar-refractivity contribution in [2.24, 2.45) is 0 Å². The Kier molecular flexibility index (Phi) is 6.91. The Morgan fingerprint density at radius 2 is 1.70 bits per heavy atom. The van der Waals surface area contributed by atoms with Gasteiger partial charge in [-0.25, -0.2) is 13.2 Å². The molecule has 3 aromatic rings. The Hall–Kier alpha value is -2.68. The van der Waals surface area contributed by atoms with Crippen LogP contribution in [0.25, 0.3) is 11.3 Å². The van der Waals surface area contributed by atoms with Crippen molar-refractivity contribution in [2.45, 2.75) is 25.3 Å². The van der Waals surface area contributed by atoms with Crippen LogP contribution in [0.5, 0.6) is 0 Å². The van der Waals surface area contributed by atoms with Crippen molar-refractivity contribution in [1.82, 2.24) is 9.46 Å². The second kappa shape index (κ2) is 9.42. The van der Waals surface area contributed by atoms with Crippen molar-refractivity contribution in [2.75, 3.05) is 13.1 Å². The second-order valence-electron chi connectivity index (χ2n) is 6.38. The lowest BCUT2D eigenvalue weighted by atomic mass is 10.2. The predicted molar refractivity (Wildman–Crippen MR) is 113 cm³/mol. The van der Waals surface area contributed by atoms with Gasteiger partial charge < -0.3 is 9.26 Å². The monoisotopic (exact) mass is 448 g/mol. The van der Waals surface area contributed by atoms with Crippen LogP contribution < -0.4 is 0 Å². The molecule has 2 aromatic carbocycles. The van der Waals surface area contributed by atoms with E-state index >= 15 is 0 Å². The number of carbonyl (C=O) groups is 1. The molecule has 0 aliphatic rings. The van der Waals surface area contributed by atoms with E-state index in [0.717, 1.165) is 5.56 Å². The lowest BCUT2D eigenvalue weighted by Crippen LogP contribution is -2.30. The maximum Gasteiger partial charge on any atom is 0.338 e. The number of hydrogen-bond donors (Lipinski definition) is 0. The van der Waals surface area contributed by atoms with Gasteiger partial charge in [0.15, 0.2) is 5.76 Å². The van der Waals surface area contributed by atoms with Gasteiger partial charge in [-0.3, -0.25) is 0 Å². The fourth-order valence-electron chi connectivity index (χ4n) is 2.83. The highest BCUT2D eigenvalue weighted by molar-refractivity contribution is 7.89. The number of sulfonamides is 1. The summed E-state index contributed by atoms with van der Waals surface area (Å²) in [6, 6.07) is 14.4. The van der Waals surface area contributed by atoms with E-state index in [2.05, 4.69) is 5.16 Å². The van der Waals surface area contributed by atoms with Crippen molar-refractivity contribution in [3.63, 3.8) is 0 Å².